The highest BCUT2D eigenvalue weighted by molar-refractivity contribution is 7.92. The Hall–Kier alpha value is -3.53. The highest BCUT2D eigenvalue weighted by Crippen LogP contribution is 2.29. The molecule has 1 aromatic carbocycles. The minimum Gasteiger partial charge on any atom is -0.481 e. The van der Waals surface area contributed by atoms with E-state index in [-0.39, 0.29) is 22.3 Å². The quantitative estimate of drug-likeness (QED) is 0.587. The molecular formula is C20H20N4O5S. The van der Waals surface area contributed by atoms with Gasteiger partial charge in [-0.05, 0) is 31.5 Å². The standard InChI is InChI=1S/C20H20N4O5S/c1-12-11-22-18(19(23-12)29-3)24-30(27,28)16-5-4-10-21-17(16)15-8-6-14(7-9-15)13(2)20(25)26/h4-11,13H,1-3H3,(H,22,24)(H,25,26). The number of pyridine rings is 1. The monoisotopic (exact) mass is 428 g/mol. The molecule has 0 aliphatic carbocycles. The third-order valence-electron chi connectivity index (χ3n) is 4.40. The van der Waals surface area contributed by atoms with E-state index in [1.54, 1.807) is 38.1 Å². The Labute approximate surface area is 173 Å². The molecule has 30 heavy (non-hydrogen) atoms. The minimum atomic E-state index is -4.07. The molecule has 3 aromatic rings. The third-order valence-corrected chi connectivity index (χ3v) is 5.77. The predicted octanol–water partition coefficient (Wildman–Crippen LogP) is 2.84. The molecule has 0 radical (unpaired) electrons. The molecule has 0 spiro atoms. The number of anilines is 1. The van der Waals surface area contributed by atoms with Crippen LogP contribution in [0, 0.1) is 6.92 Å². The normalized spacial score (nSPS) is 12.2. The zero-order valence-corrected chi connectivity index (χ0v) is 17.3. The third kappa shape index (κ3) is 4.38. The number of aliphatic carboxylic acids is 1. The fourth-order valence-corrected chi connectivity index (χ4v) is 3.93. The van der Waals surface area contributed by atoms with Gasteiger partial charge in [0.15, 0.2) is 0 Å². The summed E-state index contributed by atoms with van der Waals surface area (Å²) in [6.07, 6.45) is 2.90. The molecule has 0 bridgehead atoms. The number of aryl methyl sites for hydroxylation is 1. The molecule has 0 fully saturated rings. The van der Waals surface area contributed by atoms with Crippen molar-refractivity contribution in [3.8, 4) is 17.1 Å². The van der Waals surface area contributed by atoms with Crippen LogP contribution in [0.25, 0.3) is 11.3 Å². The van der Waals surface area contributed by atoms with E-state index in [4.69, 9.17) is 9.84 Å². The van der Waals surface area contributed by atoms with Gasteiger partial charge in [-0.3, -0.25) is 14.5 Å². The van der Waals surface area contributed by atoms with E-state index in [1.807, 2.05) is 0 Å². The number of benzene rings is 1. The van der Waals surface area contributed by atoms with Crippen LogP contribution in [0.4, 0.5) is 5.82 Å². The molecule has 10 heteroatoms. The largest absolute Gasteiger partial charge is 0.481 e. The maximum absolute atomic E-state index is 13.1. The van der Waals surface area contributed by atoms with Gasteiger partial charge in [-0.25, -0.2) is 18.4 Å². The minimum absolute atomic E-state index is 0.0384. The van der Waals surface area contributed by atoms with Gasteiger partial charge in [0.05, 0.1) is 30.6 Å². The van der Waals surface area contributed by atoms with Crippen LogP contribution in [0.2, 0.25) is 0 Å². The van der Waals surface area contributed by atoms with Gasteiger partial charge in [-0.1, -0.05) is 24.3 Å². The van der Waals surface area contributed by atoms with Gasteiger partial charge in [0.2, 0.25) is 5.82 Å². The molecule has 0 amide bonds. The SMILES string of the molecule is COc1nc(C)cnc1NS(=O)(=O)c1cccnc1-c1ccc(C(C)C(=O)O)cc1. The first kappa shape index (κ1) is 21.2. The number of carboxylic acid groups (broad SMARTS) is 1. The summed E-state index contributed by atoms with van der Waals surface area (Å²) in [6.45, 7) is 3.29. The van der Waals surface area contributed by atoms with Crippen molar-refractivity contribution in [3.63, 3.8) is 0 Å². The number of hydrogen-bond acceptors (Lipinski definition) is 7. The van der Waals surface area contributed by atoms with E-state index >= 15 is 0 Å². The molecule has 2 heterocycles. The Bertz CT molecular complexity index is 1180. The highest BCUT2D eigenvalue weighted by Gasteiger charge is 2.23. The lowest BCUT2D eigenvalue weighted by molar-refractivity contribution is -0.138. The summed E-state index contributed by atoms with van der Waals surface area (Å²) >= 11 is 0. The Kier molecular flexibility index (Phi) is 5.97. The second-order valence-corrected chi connectivity index (χ2v) is 8.16. The fraction of sp³-hybridized carbons (Fsp3) is 0.200. The van der Waals surface area contributed by atoms with Crippen molar-refractivity contribution >= 4 is 21.8 Å². The van der Waals surface area contributed by atoms with Crippen molar-refractivity contribution in [1.82, 2.24) is 15.0 Å². The average Bonchev–Trinajstić information content (AvgIpc) is 2.74. The first-order valence-corrected chi connectivity index (χ1v) is 10.4. The van der Waals surface area contributed by atoms with Crippen LogP contribution in [0.5, 0.6) is 5.88 Å². The number of nitrogens with one attached hydrogen (secondary N) is 1. The van der Waals surface area contributed by atoms with E-state index < -0.39 is 21.9 Å². The summed E-state index contributed by atoms with van der Waals surface area (Å²) < 4.78 is 33.6. The van der Waals surface area contributed by atoms with Gasteiger partial charge in [-0.15, -0.1) is 0 Å². The molecular weight excluding hydrogens is 408 g/mol. The van der Waals surface area contributed by atoms with Crippen LogP contribution in [0.1, 0.15) is 24.1 Å². The van der Waals surface area contributed by atoms with Crippen molar-refractivity contribution in [2.75, 3.05) is 11.8 Å². The Morgan fingerprint density at radius 1 is 1.17 bits per heavy atom. The molecule has 9 nitrogen and oxygen atoms in total. The van der Waals surface area contributed by atoms with Gasteiger partial charge in [0, 0.05) is 11.8 Å². The maximum atomic E-state index is 13.1. The lowest BCUT2D eigenvalue weighted by Gasteiger charge is -2.13. The number of nitrogens with zero attached hydrogens (tertiary/aromatic N) is 3. The summed E-state index contributed by atoms with van der Waals surface area (Å²) in [5.74, 6) is -1.61. The van der Waals surface area contributed by atoms with Crippen LogP contribution < -0.4 is 9.46 Å². The fourth-order valence-electron chi connectivity index (χ4n) is 2.75. The first-order valence-electron chi connectivity index (χ1n) is 8.91. The van der Waals surface area contributed by atoms with Gasteiger partial charge < -0.3 is 9.84 Å². The molecule has 3 rings (SSSR count). The maximum Gasteiger partial charge on any atom is 0.310 e. The van der Waals surface area contributed by atoms with Crippen molar-refractivity contribution in [2.45, 2.75) is 24.7 Å². The van der Waals surface area contributed by atoms with Gasteiger partial charge in [0.1, 0.15) is 4.90 Å². The van der Waals surface area contributed by atoms with Crippen LogP contribution >= 0.6 is 0 Å². The number of carbonyl (C=O) groups is 1. The molecule has 1 unspecified atom stereocenters. The van der Waals surface area contributed by atoms with Gasteiger partial charge in [0.25, 0.3) is 15.9 Å². The zero-order chi connectivity index (χ0) is 21.9. The zero-order valence-electron chi connectivity index (χ0n) is 16.5. The number of hydrogen-bond donors (Lipinski definition) is 2. The molecule has 0 saturated carbocycles. The second-order valence-electron chi connectivity index (χ2n) is 6.51. The topological polar surface area (TPSA) is 131 Å². The first-order chi connectivity index (χ1) is 14.2. The molecule has 0 aliphatic rings. The van der Waals surface area contributed by atoms with Crippen LogP contribution in [0.3, 0.4) is 0 Å². The summed E-state index contributed by atoms with van der Waals surface area (Å²) in [4.78, 5) is 23.5. The van der Waals surface area contributed by atoms with Crippen LogP contribution in [0.15, 0.2) is 53.7 Å². The molecule has 156 valence electrons. The Morgan fingerprint density at radius 2 is 1.87 bits per heavy atom. The Balaban J connectivity index is 2.00. The van der Waals surface area contributed by atoms with Gasteiger partial charge in [-0.2, -0.15) is 0 Å². The van der Waals surface area contributed by atoms with Crippen molar-refractivity contribution in [3.05, 3.63) is 60.0 Å². The molecule has 2 N–H and O–H groups in total. The van der Waals surface area contributed by atoms with Crippen LogP contribution in [-0.4, -0.2) is 41.6 Å². The number of carboxylic acids is 1. The summed E-state index contributed by atoms with van der Waals surface area (Å²) in [6, 6.07) is 9.50. The summed E-state index contributed by atoms with van der Waals surface area (Å²) in [5.41, 5.74) is 1.93. The van der Waals surface area contributed by atoms with Crippen molar-refractivity contribution in [2.24, 2.45) is 0 Å². The molecule has 1 atom stereocenters. The van der Waals surface area contributed by atoms with E-state index in [0.717, 1.165) is 0 Å². The van der Waals surface area contributed by atoms with E-state index in [0.29, 0.717) is 16.8 Å². The van der Waals surface area contributed by atoms with Crippen molar-refractivity contribution in [1.29, 1.82) is 0 Å². The number of aromatic nitrogens is 3. The number of methoxy groups -OCH3 is 1. The van der Waals surface area contributed by atoms with E-state index in [9.17, 15) is 13.2 Å². The Morgan fingerprint density at radius 3 is 2.50 bits per heavy atom. The summed E-state index contributed by atoms with van der Waals surface area (Å²) in [7, 11) is -2.70. The second kappa shape index (κ2) is 8.46. The lowest BCUT2D eigenvalue weighted by atomic mass is 9.99. The lowest BCUT2D eigenvalue weighted by Crippen LogP contribution is -2.16. The number of sulfonamides is 1. The van der Waals surface area contributed by atoms with E-state index in [1.165, 1.54) is 31.6 Å². The van der Waals surface area contributed by atoms with E-state index in [2.05, 4.69) is 19.7 Å². The number of ether oxygens (including phenoxy) is 1. The summed E-state index contributed by atoms with van der Waals surface area (Å²) in [5, 5.41) is 9.15. The van der Waals surface area contributed by atoms with Gasteiger partial charge >= 0.3 is 5.97 Å². The predicted molar refractivity (Wildman–Crippen MR) is 110 cm³/mol. The highest BCUT2D eigenvalue weighted by atomic mass is 32.2. The molecule has 0 saturated heterocycles. The average molecular weight is 428 g/mol. The number of rotatable bonds is 7. The molecule has 2 aromatic heterocycles. The smallest absolute Gasteiger partial charge is 0.310 e. The van der Waals surface area contributed by atoms with Crippen LogP contribution in [-0.2, 0) is 14.8 Å². The van der Waals surface area contributed by atoms with Crippen molar-refractivity contribution < 1.29 is 23.1 Å². The molecule has 0 aliphatic heterocycles.